The van der Waals surface area contributed by atoms with Gasteiger partial charge in [0.15, 0.2) is 11.0 Å². The molecule has 2 heterocycles. The molecule has 0 aliphatic carbocycles. The van der Waals surface area contributed by atoms with E-state index in [4.69, 9.17) is 13.9 Å². The van der Waals surface area contributed by atoms with E-state index in [-0.39, 0.29) is 11.2 Å². The number of methoxy groups -OCH3 is 2. The molecule has 35 heavy (non-hydrogen) atoms. The summed E-state index contributed by atoms with van der Waals surface area (Å²) in [5.74, 6) is 1.47. The number of likely N-dealkylation sites (N-methyl/N-ethyl adjacent to an activating group) is 1. The Morgan fingerprint density at radius 1 is 0.829 bits per heavy atom. The van der Waals surface area contributed by atoms with Crippen molar-refractivity contribution < 1.29 is 19.0 Å². The first-order valence-electron chi connectivity index (χ1n) is 11.5. The Morgan fingerprint density at radius 3 is 2.09 bits per heavy atom. The SMILES string of the molecule is COc1cc(OC)c2c(=O)cc(-c3ccc(O)cc3)oc2c1-c1ccc(N2CCN(C)CC2)cc1. The molecule has 7 nitrogen and oxygen atoms in total. The maximum absolute atomic E-state index is 13.2. The Hall–Kier alpha value is -3.97. The van der Waals surface area contributed by atoms with Crippen molar-refractivity contribution in [1.29, 1.82) is 0 Å². The van der Waals surface area contributed by atoms with Gasteiger partial charge < -0.3 is 28.8 Å². The van der Waals surface area contributed by atoms with Crippen molar-refractivity contribution in [3.05, 3.63) is 70.9 Å². The molecule has 1 saturated heterocycles. The molecule has 1 fully saturated rings. The first-order chi connectivity index (χ1) is 17.0. The quantitative estimate of drug-likeness (QED) is 0.455. The van der Waals surface area contributed by atoms with Crippen LogP contribution in [0.4, 0.5) is 5.69 Å². The molecule has 1 aromatic heterocycles. The van der Waals surface area contributed by atoms with Gasteiger partial charge in [-0.25, -0.2) is 0 Å². The zero-order chi connectivity index (χ0) is 24.5. The summed E-state index contributed by atoms with van der Waals surface area (Å²) in [5, 5.41) is 10.0. The number of hydrogen-bond donors (Lipinski definition) is 1. The number of piperazine rings is 1. The molecule has 1 aliphatic heterocycles. The van der Waals surface area contributed by atoms with Gasteiger partial charge in [0.05, 0.1) is 19.8 Å². The molecule has 7 heteroatoms. The van der Waals surface area contributed by atoms with E-state index in [9.17, 15) is 9.90 Å². The van der Waals surface area contributed by atoms with E-state index in [1.807, 2.05) is 12.1 Å². The number of hydrogen-bond acceptors (Lipinski definition) is 7. The standard InChI is InChI=1S/C28H28N2O5/c1-29-12-14-30(15-13-29)20-8-4-19(5-9-20)26-24(33-2)17-25(34-3)27-22(32)16-23(35-28(26)27)18-6-10-21(31)11-7-18/h4-11,16-17,31H,12-15H2,1-3H3. The van der Waals surface area contributed by atoms with Crippen LogP contribution in [0.2, 0.25) is 0 Å². The van der Waals surface area contributed by atoms with Gasteiger partial charge in [0.2, 0.25) is 0 Å². The summed E-state index contributed by atoms with van der Waals surface area (Å²) >= 11 is 0. The normalized spacial score (nSPS) is 14.3. The van der Waals surface area contributed by atoms with Crippen LogP contribution in [0.3, 0.4) is 0 Å². The second kappa shape index (κ2) is 9.35. The van der Waals surface area contributed by atoms with E-state index in [1.165, 1.54) is 13.2 Å². The number of fused-ring (bicyclic) bond motifs is 1. The zero-order valence-corrected chi connectivity index (χ0v) is 20.1. The van der Waals surface area contributed by atoms with Crippen molar-refractivity contribution in [3.8, 4) is 39.7 Å². The lowest BCUT2D eigenvalue weighted by Gasteiger charge is -2.34. The molecule has 1 aliphatic rings. The molecule has 1 N–H and O–H groups in total. The summed E-state index contributed by atoms with van der Waals surface area (Å²) in [7, 11) is 5.25. The molecular formula is C28H28N2O5. The number of anilines is 1. The summed E-state index contributed by atoms with van der Waals surface area (Å²) in [6, 6.07) is 18.0. The number of rotatable bonds is 5. The molecule has 180 valence electrons. The smallest absolute Gasteiger partial charge is 0.197 e. The second-order valence-electron chi connectivity index (χ2n) is 8.72. The minimum absolute atomic E-state index is 0.140. The molecule has 0 radical (unpaired) electrons. The molecular weight excluding hydrogens is 444 g/mol. The van der Waals surface area contributed by atoms with Gasteiger partial charge in [0.1, 0.15) is 28.4 Å². The summed E-state index contributed by atoms with van der Waals surface area (Å²) in [5.41, 5.74) is 3.57. The third-order valence-corrected chi connectivity index (χ3v) is 6.55. The second-order valence-corrected chi connectivity index (χ2v) is 8.72. The largest absolute Gasteiger partial charge is 0.508 e. The number of nitrogens with zero attached hydrogens (tertiary/aromatic N) is 2. The predicted molar refractivity (Wildman–Crippen MR) is 138 cm³/mol. The van der Waals surface area contributed by atoms with E-state index < -0.39 is 0 Å². The molecule has 0 amide bonds. The van der Waals surface area contributed by atoms with E-state index in [1.54, 1.807) is 37.4 Å². The molecule has 3 aromatic carbocycles. The Morgan fingerprint density at radius 2 is 1.46 bits per heavy atom. The van der Waals surface area contributed by atoms with Gasteiger partial charge >= 0.3 is 0 Å². The molecule has 4 aromatic rings. The van der Waals surface area contributed by atoms with Crippen molar-refractivity contribution >= 4 is 16.7 Å². The van der Waals surface area contributed by atoms with Crippen molar-refractivity contribution in [2.75, 3.05) is 52.3 Å². The number of benzene rings is 3. The number of phenolic OH excluding ortho intramolecular Hbond substituents is 1. The first-order valence-corrected chi connectivity index (χ1v) is 11.5. The highest BCUT2D eigenvalue weighted by Crippen LogP contribution is 2.42. The molecule has 0 spiro atoms. The Balaban J connectivity index is 1.67. The summed E-state index contributed by atoms with van der Waals surface area (Å²) in [6.45, 7) is 4.03. The average Bonchev–Trinajstić information content (AvgIpc) is 2.88. The molecule has 5 rings (SSSR count). The van der Waals surface area contributed by atoms with Crippen LogP contribution < -0.4 is 19.8 Å². The maximum Gasteiger partial charge on any atom is 0.197 e. The predicted octanol–water partition coefficient (Wildman–Crippen LogP) is 4.60. The Kier molecular flexibility index (Phi) is 6.09. The topological polar surface area (TPSA) is 75.4 Å². The van der Waals surface area contributed by atoms with Crippen LogP contribution in [0.25, 0.3) is 33.4 Å². The molecule has 0 unspecified atom stereocenters. The fourth-order valence-electron chi connectivity index (χ4n) is 4.55. The number of aromatic hydroxyl groups is 1. The van der Waals surface area contributed by atoms with E-state index in [0.717, 1.165) is 37.4 Å². The summed E-state index contributed by atoms with van der Waals surface area (Å²) < 4.78 is 17.6. The highest BCUT2D eigenvalue weighted by atomic mass is 16.5. The lowest BCUT2D eigenvalue weighted by atomic mass is 9.99. The molecule has 0 saturated carbocycles. The van der Waals surface area contributed by atoms with Gasteiger partial charge in [-0.05, 0) is 49.0 Å². The minimum Gasteiger partial charge on any atom is -0.508 e. The fourth-order valence-corrected chi connectivity index (χ4v) is 4.55. The first kappa shape index (κ1) is 22.8. The highest BCUT2D eigenvalue weighted by molar-refractivity contribution is 6.00. The van der Waals surface area contributed by atoms with Crippen molar-refractivity contribution in [2.24, 2.45) is 0 Å². The van der Waals surface area contributed by atoms with Crippen molar-refractivity contribution in [2.45, 2.75) is 0 Å². The van der Waals surface area contributed by atoms with Crippen LogP contribution in [-0.4, -0.2) is 57.5 Å². The fraction of sp³-hybridized carbons (Fsp3) is 0.250. The van der Waals surface area contributed by atoms with Gasteiger partial charge in [-0.15, -0.1) is 0 Å². The monoisotopic (exact) mass is 472 g/mol. The van der Waals surface area contributed by atoms with Crippen LogP contribution in [0.1, 0.15) is 0 Å². The van der Waals surface area contributed by atoms with Crippen LogP contribution in [0.5, 0.6) is 17.2 Å². The summed E-state index contributed by atoms with van der Waals surface area (Å²) in [4.78, 5) is 17.9. The van der Waals surface area contributed by atoms with Crippen LogP contribution in [0.15, 0.2) is 69.9 Å². The van der Waals surface area contributed by atoms with Crippen LogP contribution in [0, 0.1) is 0 Å². The number of phenols is 1. The minimum atomic E-state index is -0.218. The lowest BCUT2D eigenvalue weighted by molar-refractivity contribution is 0.313. The molecule has 0 atom stereocenters. The third kappa shape index (κ3) is 4.31. The zero-order valence-electron chi connectivity index (χ0n) is 20.1. The van der Waals surface area contributed by atoms with E-state index in [0.29, 0.717) is 39.4 Å². The van der Waals surface area contributed by atoms with Gasteiger partial charge in [-0.1, -0.05) is 12.1 Å². The van der Waals surface area contributed by atoms with Crippen molar-refractivity contribution in [3.63, 3.8) is 0 Å². The average molecular weight is 473 g/mol. The van der Waals surface area contributed by atoms with Crippen molar-refractivity contribution in [1.82, 2.24) is 4.90 Å². The van der Waals surface area contributed by atoms with Gasteiger partial charge in [0, 0.05) is 49.6 Å². The van der Waals surface area contributed by atoms with Crippen LogP contribution in [-0.2, 0) is 0 Å². The van der Waals surface area contributed by atoms with Crippen LogP contribution >= 0.6 is 0 Å². The van der Waals surface area contributed by atoms with E-state index >= 15 is 0 Å². The van der Waals surface area contributed by atoms with Gasteiger partial charge in [-0.2, -0.15) is 0 Å². The third-order valence-electron chi connectivity index (χ3n) is 6.55. The lowest BCUT2D eigenvalue weighted by Crippen LogP contribution is -2.44. The maximum atomic E-state index is 13.2. The molecule has 0 bridgehead atoms. The van der Waals surface area contributed by atoms with E-state index in [2.05, 4.69) is 29.0 Å². The summed E-state index contributed by atoms with van der Waals surface area (Å²) in [6.07, 6.45) is 0. The Labute approximate surface area is 203 Å². The van der Waals surface area contributed by atoms with Gasteiger partial charge in [-0.3, -0.25) is 4.79 Å². The Bertz CT molecular complexity index is 1400. The van der Waals surface area contributed by atoms with Gasteiger partial charge in [0.25, 0.3) is 0 Å². The highest BCUT2D eigenvalue weighted by Gasteiger charge is 2.22. The number of ether oxygens (including phenoxy) is 2.